The van der Waals surface area contributed by atoms with Crippen LogP contribution >= 0.6 is 23.2 Å². The van der Waals surface area contributed by atoms with Crippen molar-refractivity contribution >= 4 is 168 Å². The molecule has 2 aliphatic heterocycles. The number of fused-ring (bicyclic) bond motifs is 2. The van der Waals surface area contributed by atoms with Crippen LogP contribution in [-0.2, 0) is 31.9 Å². The summed E-state index contributed by atoms with van der Waals surface area (Å²) in [7, 11) is 0. The van der Waals surface area contributed by atoms with Crippen molar-refractivity contribution in [1.82, 2.24) is 9.80 Å². The number of carboxylic acids is 2. The van der Waals surface area contributed by atoms with Crippen LogP contribution in [0.4, 0.5) is 4.79 Å². The number of aryl methyl sites for hydroxylation is 2. The minimum absolute atomic E-state index is 0. The molecule has 0 fully saturated rings. The quantitative estimate of drug-likeness (QED) is 0.0422. The Morgan fingerprint density at radius 1 is 0.431 bits per heavy atom. The zero-order valence-corrected chi connectivity index (χ0v) is 39.1. The van der Waals surface area contributed by atoms with Gasteiger partial charge in [0.15, 0.2) is 0 Å². The fourth-order valence-corrected chi connectivity index (χ4v) is 9.20. The van der Waals surface area contributed by atoms with E-state index in [0.29, 0.717) is 10.0 Å². The first-order valence-electron chi connectivity index (χ1n) is 22.7. The summed E-state index contributed by atoms with van der Waals surface area (Å²) in [6.07, 6.45) is -4.33. The molecule has 360 valence electrons. The van der Waals surface area contributed by atoms with Crippen molar-refractivity contribution in [3.63, 3.8) is 0 Å². The third-order valence-corrected chi connectivity index (χ3v) is 13.3. The average Bonchev–Trinajstić information content (AvgIpc) is 3.75. The average molecular weight is 1060 g/mol. The Kier molecular flexibility index (Phi) is 20.8. The van der Waals surface area contributed by atoms with Crippen LogP contribution in [0.2, 0.25) is 10.0 Å². The number of hydrogen-bond donors (Lipinski definition) is 2. The summed E-state index contributed by atoms with van der Waals surface area (Å²) in [5, 5.41) is 22.5. The molecule has 0 saturated carbocycles. The van der Waals surface area contributed by atoms with Crippen LogP contribution in [0.1, 0.15) is 78.2 Å². The van der Waals surface area contributed by atoms with E-state index in [4.69, 9.17) is 32.7 Å². The van der Waals surface area contributed by atoms with Crippen molar-refractivity contribution in [2.24, 2.45) is 11.8 Å². The van der Waals surface area contributed by atoms with Gasteiger partial charge in [-0.05, 0) is 120 Å². The predicted octanol–water partition coefficient (Wildman–Crippen LogP) is 9.26. The SMILES string of the molecule is O=C(O[C@H](CCc1ccc(-c2ccc(Cl)cc2)cc1)[C@@H](CCN1C(=O)c2ccccc2C1=O)C(=O)O)O[C@H](CCc1ccc(-c2ccc(Cl)cc2)cc1)[C@@H](CCN1C(=O)c2ccccc2C1=O)C(=O)O.[KH].[KH]. The first kappa shape index (κ1) is 56.9. The molecular weight excluding hydrogens is 1010 g/mol. The molecule has 0 unspecified atom stereocenters. The molecule has 4 amide bonds. The Balaban J connectivity index is 0.00000423. The second-order valence-corrected chi connectivity index (χ2v) is 18.0. The monoisotopic (exact) mass is 1060 g/mol. The fourth-order valence-electron chi connectivity index (χ4n) is 8.95. The van der Waals surface area contributed by atoms with Gasteiger partial charge >= 0.3 is 121 Å². The van der Waals surface area contributed by atoms with E-state index in [-0.39, 0.29) is 177 Å². The Morgan fingerprint density at radius 3 is 0.986 bits per heavy atom. The molecule has 6 aromatic carbocycles. The van der Waals surface area contributed by atoms with Gasteiger partial charge in [-0.1, -0.05) is 120 Å². The number of hydrogen-bond acceptors (Lipinski definition) is 9. The zero-order valence-electron chi connectivity index (χ0n) is 37.5. The van der Waals surface area contributed by atoms with Crippen molar-refractivity contribution in [3.05, 3.63) is 189 Å². The third-order valence-electron chi connectivity index (χ3n) is 12.8. The molecule has 2 N–H and O–H groups in total. The van der Waals surface area contributed by atoms with Crippen molar-refractivity contribution in [3.8, 4) is 22.3 Å². The Hall–Kier alpha value is -4.34. The molecule has 0 saturated heterocycles. The van der Waals surface area contributed by atoms with Crippen LogP contribution in [-0.4, -0.2) is 190 Å². The zero-order chi connectivity index (χ0) is 49.5. The number of rotatable bonds is 20. The minimum atomic E-state index is -1.45. The van der Waals surface area contributed by atoms with Crippen molar-refractivity contribution in [1.29, 1.82) is 0 Å². The number of carbonyl (C=O) groups is 7. The molecule has 17 heteroatoms. The van der Waals surface area contributed by atoms with Crippen molar-refractivity contribution < 1.29 is 53.2 Å². The molecule has 2 heterocycles. The van der Waals surface area contributed by atoms with Crippen LogP contribution in [0.25, 0.3) is 22.3 Å². The van der Waals surface area contributed by atoms with E-state index in [0.717, 1.165) is 43.2 Å². The van der Waals surface area contributed by atoms with E-state index < -0.39 is 65.8 Å². The molecule has 72 heavy (non-hydrogen) atoms. The number of imide groups is 2. The molecular formula is C55H48Cl2K2N2O11. The van der Waals surface area contributed by atoms with Gasteiger partial charge in [0.05, 0.1) is 34.1 Å². The predicted molar refractivity (Wildman–Crippen MR) is 275 cm³/mol. The van der Waals surface area contributed by atoms with Crippen molar-refractivity contribution in [2.45, 2.75) is 50.7 Å². The maximum atomic E-state index is 14.1. The van der Waals surface area contributed by atoms with Gasteiger partial charge in [0.1, 0.15) is 12.2 Å². The first-order chi connectivity index (χ1) is 33.7. The summed E-state index contributed by atoms with van der Waals surface area (Å²) in [5.74, 6) is -7.95. The van der Waals surface area contributed by atoms with Gasteiger partial charge < -0.3 is 19.7 Å². The van der Waals surface area contributed by atoms with Gasteiger partial charge in [-0.25, -0.2) is 4.79 Å². The summed E-state index contributed by atoms with van der Waals surface area (Å²) in [4.78, 5) is 95.4. The van der Waals surface area contributed by atoms with E-state index in [9.17, 15) is 43.8 Å². The second kappa shape index (κ2) is 26.2. The molecule has 6 aromatic rings. The molecule has 0 bridgehead atoms. The second-order valence-electron chi connectivity index (χ2n) is 17.1. The van der Waals surface area contributed by atoms with Gasteiger partial charge in [-0.15, -0.1) is 0 Å². The summed E-state index contributed by atoms with van der Waals surface area (Å²) in [6, 6.07) is 42.2. The van der Waals surface area contributed by atoms with E-state index in [2.05, 4.69) is 0 Å². The van der Waals surface area contributed by atoms with Gasteiger partial charge in [0.25, 0.3) is 23.6 Å². The summed E-state index contributed by atoms with van der Waals surface area (Å²) in [5.41, 5.74) is 5.98. The number of halogens is 2. The summed E-state index contributed by atoms with van der Waals surface area (Å²) >= 11 is 12.2. The molecule has 4 atom stereocenters. The van der Waals surface area contributed by atoms with Gasteiger partial charge in [-0.2, -0.15) is 0 Å². The third kappa shape index (κ3) is 13.7. The van der Waals surface area contributed by atoms with E-state index >= 15 is 0 Å². The summed E-state index contributed by atoms with van der Waals surface area (Å²) < 4.78 is 11.8. The number of ether oxygens (including phenoxy) is 2. The first-order valence-corrected chi connectivity index (χ1v) is 23.4. The normalized spacial score (nSPS) is 14.3. The standard InChI is InChI=1S/C55H46Cl2N2O11.2K.2H/c56-39-23-19-37(20-24-39)35-15-9-33(10-16-35)13-27-47(45(53(64)65)29-31-58-49(60)41-5-1-2-6-42(41)50(58)61)69-55(68)70-48(28-14-34-11-17-36(18-12-34)38-21-25-40(57)26-22-38)46(54(66)67)30-32-59-51(62)43-7-3-4-8-44(43)52(59)63;;;;/h1-12,15-26,45-48H,13-14,27-32H2,(H,64,65)(H,66,67);;;;/t45-,46-,47-,48-;;;;/m1..../s1. The number of amides is 4. The molecule has 0 aromatic heterocycles. The van der Waals surface area contributed by atoms with E-state index in [1.165, 1.54) is 24.3 Å². The number of carboxylic acid groups (broad SMARTS) is 2. The number of nitrogens with zero attached hydrogens (tertiary/aromatic N) is 2. The van der Waals surface area contributed by atoms with Crippen LogP contribution in [0.15, 0.2) is 146 Å². The van der Waals surface area contributed by atoms with Crippen molar-refractivity contribution in [2.75, 3.05) is 13.1 Å². The van der Waals surface area contributed by atoms with Crippen LogP contribution in [0.3, 0.4) is 0 Å². The Morgan fingerprint density at radius 2 is 0.708 bits per heavy atom. The molecule has 8 rings (SSSR count). The van der Waals surface area contributed by atoms with Crippen LogP contribution in [0.5, 0.6) is 0 Å². The molecule has 13 nitrogen and oxygen atoms in total. The molecule has 0 aliphatic carbocycles. The molecule has 0 radical (unpaired) electrons. The topological polar surface area (TPSA) is 185 Å². The molecule has 0 spiro atoms. The Labute approximate surface area is 511 Å². The van der Waals surface area contributed by atoms with Gasteiger partial charge in [-0.3, -0.25) is 38.6 Å². The van der Waals surface area contributed by atoms with Gasteiger partial charge in [0, 0.05) is 23.1 Å². The van der Waals surface area contributed by atoms with Crippen LogP contribution in [0, 0.1) is 11.8 Å². The van der Waals surface area contributed by atoms with Gasteiger partial charge in [0.2, 0.25) is 0 Å². The Bertz CT molecular complexity index is 2690. The van der Waals surface area contributed by atoms with Crippen LogP contribution < -0.4 is 0 Å². The number of benzene rings is 6. The van der Waals surface area contributed by atoms with E-state index in [1.54, 1.807) is 48.5 Å². The number of aliphatic carboxylic acids is 2. The summed E-state index contributed by atoms with van der Waals surface area (Å²) in [6.45, 7) is -0.599. The maximum absolute atomic E-state index is 14.1. The van der Waals surface area contributed by atoms with E-state index in [1.807, 2.05) is 72.8 Å². The molecule has 2 aliphatic rings. The number of carbonyl (C=O) groups excluding carboxylic acids is 5. The fraction of sp³-hybridized carbons (Fsp3) is 0.218.